The maximum atomic E-state index is 4.84. The highest BCUT2D eigenvalue weighted by molar-refractivity contribution is 7.18. The van der Waals surface area contributed by atoms with Gasteiger partial charge in [-0.2, -0.15) is 0 Å². The Labute approximate surface area is 159 Å². The molecular weight excluding hydrogens is 362 g/mol. The molecule has 26 heavy (non-hydrogen) atoms. The first-order valence-corrected chi connectivity index (χ1v) is 10.5. The van der Waals surface area contributed by atoms with Crippen molar-refractivity contribution in [3.63, 3.8) is 0 Å². The van der Waals surface area contributed by atoms with E-state index in [0.29, 0.717) is 6.04 Å². The molecule has 0 spiro atoms. The zero-order chi connectivity index (χ0) is 17.5. The van der Waals surface area contributed by atoms with Crippen molar-refractivity contribution < 1.29 is 0 Å². The number of anilines is 1. The lowest BCUT2D eigenvalue weighted by Gasteiger charge is -2.38. The normalized spacial score (nSPS) is 17.2. The molecule has 0 bridgehead atoms. The minimum Gasteiger partial charge on any atom is -0.353 e. The first kappa shape index (κ1) is 16.1. The molecule has 3 aromatic heterocycles. The standard InChI is InChI=1S/C19H19N5S2/c1-13(18-22-15-4-2-3-5-16(15)26-18)23-7-9-24(10-8-23)17-14-6-11-25-19(14)21-12-20-17/h2-6,11-13H,7-10H2,1H3. The molecule has 1 atom stereocenters. The van der Waals surface area contributed by atoms with Gasteiger partial charge >= 0.3 is 0 Å². The number of hydrogen-bond donors (Lipinski definition) is 0. The second-order valence-electron chi connectivity index (χ2n) is 6.56. The molecule has 7 heteroatoms. The third-order valence-electron chi connectivity index (χ3n) is 5.07. The van der Waals surface area contributed by atoms with Crippen molar-refractivity contribution in [1.82, 2.24) is 19.9 Å². The fourth-order valence-electron chi connectivity index (χ4n) is 3.57. The van der Waals surface area contributed by atoms with E-state index in [2.05, 4.69) is 62.4 Å². The Bertz CT molecular complexity index is 1020. The summed E-state index contributed by atoms with van der Waals surface area (Å²) in [5.74, 6) is 1.07. The predicted molar refractivity (Wildman–Crippen MR) is 109 cm³/mol. The first-order chi connectivity index (χ1) is 12.8. The van der Waals surface area contributed by atoms with Crippen molar-refractivity contribution in [3.8, 4) is 0 Å². The highest BCUT2D eigenvalue weighted by Gasteiger charge is 2.25. The Morgan fingerprint density at radius 2 is 1.88 bits per heavy atom. The van der Waals surface area contributed by atoms with Crippen LogP contribution in [0.25, 0.3) is 20.4 Å². The number of nitrogens with zero attached hydrogens (tertiary/aromatic N) is 5. The van der Waals surface area contributed by atoms with Crippen LogP contribution in [-0.4, -0.2) is 46.0 Å². The summed E-state index contributed by atoms with van der Waals surface area (Å²) in [5.41, 5.74) is 1.11. The number of para-hydroxylation sites is 1. The Kier molecular flexibility index (Phi) is 4.07. The van der Waals surface area contributed by atoms with Crippen LogP contribution in [0.3, 0.4) is 0 Å². The number of hydrogen-bond acceptors (Lipinski definition) is 7. The van der Waals surface area contributed by atoms with E-state index in [-0.39, 0.29) is 0 Å². The molecule has 1 saturated heterocycles. The molecular formula is C19H19N5S2. The predicted octanol–water partition coefficient (Wildman–Crippen LogP) is 4.18. The lowest BCUT2D eigenvalue weighted by atomic mass is 10.2. The lowest BCUT2D eigenvalue weighted by Crippen LogP contribution is -2.47. The van der Waals surface area contributed by atoms with Crippen molar-refractivity contribution >= 4 is 48.9 Å². The first-order valence-electron chi connectivity index (χ1n) is 8.82. The molecule has 5 nitrogen and oxygen atoms in total. The number of fused-ring (bicyclic) bond motifs is 2. The number of piperazine rings is 1. The fourth-order valence-corrected chi connectivity index (χ4v) is 5.36. The molecule has 1 aliphatic rings. The van der Waals surface area contributed by atoms with E-state index in [1.165, 1.54) is 15.1 Å². The van der Waals surface area contributed by atoms with Gasteiger partial charge in [-0.15, -0.1) is 22.7 Å². The van der Waals surface area contributed by atoms with Crippen molar-refractivity contribution in [3.05, 3.63) is 47.0 Å². The second-order valence-corrected chi connectivity index (χ2v) is 8.51. The zero-order valence-electron chi connectivity index (χ0n) is 14.5. The largest absolute Gasteiger partial charge is 0.353 e. The summed E-state index contributed by atoms with van der Waals surface area (Å²) < 4.78 is 1.27. The van der Waals surface area contributed by atoms with Crippen LogP contribution in [0, 0.1) is 0 Å². The summed E-state index contributed by atoms with van der Waals surface area (Å²) in [5, 5.41) is 4.47. The van der Waals surface area contributed by atoms with Crippen LogP contribution >= 0.6 is 22.7 Å². The third kappa shape index (κ3) is 2.76. The van der Waals surface area contributed by atoms with E-state index in [1.807, 2.05) is 11.3 Å². The van der Waals surface area contributed by atoms with Gasteiger partial charge in [0.25, 0.3) is 0 Å². The third-order valence-corrected chi connectivity index (χ3v) is 7.10. The molecule has 1 fully saturated rings. The molecule has 4 heterocycles. The molecule has 0 amide bonds. The van der Waals surface area contributed by atoms with E-state index in [0.717, 1.165) is 42.3 Å². The number of thiazole rings is 1. The van der Waals surface area contributed by atoms with Crippen LogP contribution < -0.4 is 4.90 Å². The molecule has 0 radical (unpaired) electrons. The van der Waals surface area contributed by atoms with Gasteiger partial charge in [0.15, 0.2) is 0 Å². The Morgan fingerprint density at radius 3 is 2.73 bits per heavy atom. The van der Waals surface area contributed by atoms with Gasteiger partial charge in [0, 0.05) is 26.2 Å². The molecule has 4 aromatic rings. The van der Waals surface area contributed by atoms with E-state index < -0.39 is 0 Å². The van der Waals surface area contributed by atoms with Crippen molar-refractivity contribution in [2.45, 2.75) is 13.0 Å². The van der Waals surface area contributed by atoms with E-state index in [1.54, 1.807) is 17.7 Å². The van der Waals surface area contributed by atoms with Gasteiger partial charge in [0.05, 0.1) is 21.6 Å². The van der Waals surface area contributed by atoms with E-state index in [4.69, 9.17) is 4.98 Å². The highest BCUT2D eigenvalue weighted by Crippen LogP contribution is 2.31. The molecule has 5 rings (SSSR count). The number of thiophene rings is 1. The average Bonchev–Trinajstić information content (AvgIpc) is 3.34. The minimum atomic E-state index is 0.348. The van der Waals surface area contributed by atoms with Crippen LogP contribution in [0.15, 0.2) is 42.0 Å². The molecule has 0 aliphatic carbocycles. The topological polar surface area (TPSA) is 45.2 Å². The maximum Gasteiger partial charge on any atom is 0.140 e. The van der Waals surface area contributed by atoms with Crippen LogP contribution in [0.1, 0.15) is 18.0 Å². The summed E-state index contributed by atoms with van der Waals surface area (Å²) in [6.45, 7) is 6.28. The molecule has 0 saturated carbocycles. The monoisotopic (exact) mass is 381 g/mol. The van der Waals surface area contributed by atoms with Gasteiger partial charge in [-0.3, -0.25) is 4.90 Å². The molecule has 1 aliphatic heterocycles. The summed E-state index contributed by atoms with van der Waals surface area (Å²) in [6.07, 6.45) is 1.68. The van der Waals surface area contributed by atoms with Crippen LogP contribution in [0.4, 0.5) is 5.82 Å². The van der Waals surface area contributed by atoms with Gasteiger partial charge in [0.2, 0.25) is 0 Å². The molecule has 1 unspecified atom stereocenters. The maximum absolute atomic E-state index is 4.84. The minimum absolute atomic E-state index is 0.348. The summed E-state index contributed by atoms with van der Waals surface area (Å²) >= 11 is 3.49. The SMILES string of the molecule is CC(c1nc2ccccc2s1)N1CCN(c2ncnc3sccc23)CC1. The number of aromatic nitrogens is 3. The highest BCUT2D eigenvalue weighted by atomic mass is 32.1. The van der Waals surface area contributed by atoms with Crippen molar-refractivity contribution in [2.24, 2.45) is 0 Å². The van der Waals surface area contributed by atoms with Crippen molar-refractivity contribution in [2.75, 3.05) is 31.1 Å². The number of benzene rings is 1. The van der Waals surface area contributed by atoms with Crippen LogP contribution in [0.5, 0.6) is 0 Å². The number of rotatable bonds is 3. The Hall–Kier alpha value is -2.09. The Morgan fingerprint density at radius 1 is 1.04 bits per heavy atom. The van der Waals surface area contributed by atoms with Crippen molar-refractivity contribution in [1.29, 1.82) is 0 Å². The Balaban J connectivity index is 1.33. The quantitative estimate of drug-likeness (QED) is 0.533. The van der Waals surface area contributed by atoms with Gasteiger partial charge < -0.3 is 4.90 Å². The molecule has 1 aromatic carbocycles. The van der Waals surface area contributed by atoms with Crippen LogP contribution in [0.2, 0.25) is 0 Å². The van der Waals surface area contributed by atoms with Gasteiger partial charge in [-0.1, -0.05) is 12.1 Å². The molecule has 0 N–H and O–H groups in total. The molecule has 132 valence electrons. The summed E-state index contributed by atoms with van der Waals surface area (Å²) in [4.78, 5) is 19.7. The zero-order valence-corrected chi connectivity index (χ0v) is 16.1. The van der Waals surface area contributed by atoms with Crippen LogP contribution in [-0.2, 0) is 0 Å². The van der Waals surface area contributed by atoms with Gasteiger partial charge in [0.1, 0.15) is 22.0 Å². The van der Waals surface area contributed by atoms with E-state index >= 15 is 0 Å². The van der Waals surface area contributed by atoms with E-state index in [9.17, 15) is 0 Å². The van der Waals surface area contributed by atoms with Gasteiger partial charge in [-0.05, 0) is 30.5 Å². The summed E-state index contributed by atoms with van der Waals surface area (Å²) in [7, 11) is 0. The lowest BCUT2D eigenvalue weighted by molar-refractivity contribution is 0.198. The smallest absolute Gasteiger partial charge is 0.140 e. The fraction of sp³-hybridized carbons (Fsp3) is 0.316. The van der Waals surface area contributed by atoms with Gasteiger partial charge in [-0.25, -0.2) is 15.0 Å². The second kappa shape index (κ2) is 6.57. The summed E-state index contributed by atoms with van der Waals surface area (Å²) in [6, 6.07) is 10.9. The average molecular weight is 382 g/mol.